The normalized spacial score (nSPS) is 10.3. The summed E-state index contributed by atoms with van der Waals surface area (Å²) in [6.45, 7) is 3.49. The third-order valence-electron chi connectivity index (χ3n) is 2.17. The van der Waals surface area contributed by atoms with Gasteiger partial charge in [0.1, 0.15) is 5.69 Å². The molecule has 2 heterocycles. The van der Waals surface area contributed by atoms with Crippen LogP contribution in [0.5, 0.6) is 0 Å². The van der Waals surface area contributed by atoms with Gasteiger partial charge in [0.2, 0.25) is 5.43 Å². The molecule has 2 aromatic heterocycles. The smallest absolute Gasteiger partial charge is 0.205 e. The first-order chi connectivity index (χ1) is 7.18. The molecule has 2 aromatic rings. The first-order valence-corrected chi connectivity index (χ1v) is 4.66. The van der Waals surface area contributed by atoms with Crippen molar-refractivity contribution in [2.24, 2.45) is 0 Å². The molecule has 0 amide bonds. The molecule has 0 fully saturated rings. The third kappa shape index (κ3) is 1.79. The Kier molecular flexibility index (Phi) is 2.33. The lowest BCUT2D eigenvalue weighted by Crippen LogP contribution is -2.16. The number of hydrogen-bond acceptors (Lipinski definition) is 3. The van der Waals surface area contributed by atoms with Gasteiger partial charge in [-0.25, -0.2) is 4.68 Å². The molecule has 4 heteroatoms. The molecule has 0 aliphatic rings. The summed E-state index contributed by atoms with van der Waals surface area (Å²) in [5, 5.41) is 4.17. The molecule has 15 heavy (non-hydrogen) atoms. The first kappa shape index (κ1) is 9.58. The fourth-order valence-corrected chi connectivity index (χ4v) is 1.38. The van der Waals surface area contributed by atoms with Gasteiger partial charge in [-0.05, 0) is 26.0 Å². The van der Waals surface area contributed by atoms with Crippen LogP contribution in [0.4, 0.5) is 0 Å². The van der Waals surface area contributed by atoms with E-state index >= 15 is 0 Å². The van der Waals surface area contributed by atoms with Crippen molar-refractivity contribution in [1.82, 2.24) is 14.8 Å². The van der Waals surface area contributed by atoms with Crippen LogP contribution in [0.15, 0.2) is 35.5 Å². The summed E-state index contributed by atoms with van der Waals surface area (Å²) in [5.74, 6) is 0. The highest BCUT2D eigenvalue weighted by Crippen LogP contribution is 2.03. The standard InChI is InChI=1S/C11H11N3O/c1-8-7-14(13-9(2)11(8)15)10-4-3-5-12-6-10/h3-7H,1-2H3. The Morgan fingerprint density at radius 3 is 2.73 bits per heavy atom. The van der Waals surface area contributed by atoms with Crippen LogP contribution < -0.4 is 5.43 Å². The van der Waals surface area contributed by atoms with E-state index in [9.17, 15) is 4.79 Å². The highest BCUT2D eigenvalue weighted by Gasteiger charge is 2.02. The Bertz CT molecular complexity index is 505. The van der Waals surface area contributed by atoms with Crippen molar-refractivity contribution in [3.63, 3.8) is 0 Å². The molecule has 76 valence electrons. The van der Waals surface area contributed by atoms with Gasteiger partial charge in [0.05, 0.1) is 11.9 Å². The van der Waals surface area contributed by atoms with Crippen LogP contribution in [-0.4, -0.2) is 14.8 Å². The van der Waals surface area contributed by atoms with Crippen LogP contribution in [0.25, 0.3) is 5.69 Å². The molecule has 0 aliphatic carbocycles. The van der Waals surface area contributed by atoms with Gasteiger partial charge in [0.15, 0.2) is 0 Å². The highest BCUT2D eigenvalue weighted by atomic mass is 16.1. The Morgan fingerprint density at radius 2 is 2.13 bits per heavy atom. The van der Waals surface area contributed by atoms with Gasteiger partial charge in [0, 0.05) is 18.0 Å². The molecule has 0 aliphatic heterocycles. The fourth-order valence-electron chi connectivity index (χ4n) is 1.38. The SMILES string of the molecule is Cc1cn(-c2cccnc2)nc(C)c1=O. The van der Waals surface area contributed by atoms with E-state index in [0.29, 0.717) is 11.3 Å². The molecule has 0 bridgehead atoms. The molecule has 0 atom stereocenters. The van der Waals surface area contributed by atoms with Crippen molar-refractivity contribution in [3.05, 3.63) is 52.2 Å². The van der Waals surface area contributed by atoms with E-state index in [1.165, 1.54) is 0 Å². The molecule has 0 radical (unpaired) electrons. The highest BCUT2D eigenvalue weighted by molar-refractivity contribution is 5.27. The predicted octanol–water partition coefficient (Wildman–Crippen LogP) is 1.24. The largest absolute Gasteiger partial charge is 0.287 e. The maximum absolute atomic E-state index is 11.5. The lowest BCUT2D eigenvalue weighted by atomic mass is 10.3. The zero-order valence-electron chi connectivity index (χ0n) is 8.64. The maximum atomic E-state index is 11.5. The maximum Gasteiger partial charge on any atom is 0.205 e. The van der Waals surface area contributed by atoms with Crippen LogP contribution in [0.1, 0.15) is 11.3 Å². The van der Waals surface area contributed by atoms with Crippen molar-refractivity contribution >= 4 is 0 Å². The van der Waals surface area contributed by atoms with Crippen molar-refractivity contribution in [2.75, 3.05) is 0 Å². The van der Waals surface area contributed by atoms with E-state index in [1.807, 2.05) is 12.1 Å². The van der Waals surface area contributed by atoms with Crippen molar-refractivity contribution in [1.29, 1.82) is 0 Å². The van der Waals surface area contributed by atoms with E-state index in [1.54, 1.807) is 37.1 Å². The summed E-state index contributed by atoms with van der Waals surface area (Å²) in [7, 11) is 0. The van der Waals surface area contributed by atoms with Gasteiger partial charge >= 0.3 is 0 Å². The first-order valence-electron chi connectivity index (χ1n) is 4.66. The Labute approximate surface area is 87.2 Å². The van der Waals surface area contributed by atoms with Gasteiger partial charge in [-0.3, -0.25) is 9.78 Å². The second-order valence-electron chi connectivity index (χ2n) is 3.38. The number of hydrogen-bond donors (Lipinski definition) is 0. The average molecular weight is 201 g/mol. The summed E-state index contributed by atoms with van der Waals surface area (Å²) in [6, 6.07) is 3.73. The van der Waals surface area contributed by atoms with E-state index in [4.69, 9.17) is 0 Å². The number of pyridine rings is 1. The molecule has 0 N–H and O–H groups in total. The van der Waals surface area contributed by atoms with Gasteiger partial charge in [-0.15, -0.1) is 0 Å². The average Bonchev–Trinajstić information content (AvgIpc) is 2.26. The van der Waals surface area contributed by atoms with E-state index in [2.05, 4.69) is 10.1 Å². The van der Waals surface area contributed by atoms with E-state index < -0.39 is 0 Å². The van der Waals surface area contributed by atoms with Gasteiger partial charge in [-0.2, -0.15) is 5.10 Å². The van der Waals surface area contributed by atoms with E-state index in [-0.39, 0.29) is 5.43 Å². The predicted molar refractivity (Wildman–Crippen MR) is 57.1 cm³/mol. The minimum absolute atomic E-state index is 0.00450. The molecule has 0 saturated carbocycles. The zero-order chi connectivity index (χ0) is 10.8. The summed E-state index contributed by atoms with van der Waals surface area (Å²) in [5.41, 5.74) is 2.03. The van der Waals surface area contributed by atoms with Crippen LogP contribution in [0.2, 0.25) is 0 Å². The quantitative estimate of drug-likeness (QED) is 0.697. The van der Waals surface area contributed by atoms with E-state index in [0.717, 1.165) is 5.69 Å². The lowest BCUT2D eigenvalue weighted by molar-refractivity contribution is 0.796. The molecular weight excluding hydrogens is 190 g/mol. The van der Waals surface area contributed by atoms with Crippen LogP contribution in [0, 0.1) is 13.8 Å². The van der Waals surface area contributed by atoms with Crippen molar-refractivity contribution in [2.45, 2.75) is 13.8 Å². The summed E-state index contributed by atoms with van der Waals surface area (Å²) < 4.78 is 1.67. The fraction of sp³-hybridized carbons (Fsp3) is 0.182. The Balaban J connectivity index is 2.61. The minimum atomic E-state index is -0.00450. The monoisotopic (exact) mass is 201 g/mol. The zero-order valence-corrected chi connectivity index (χ0v) is 8.64. The van der Waals surface area contributed by atoms with Gasteiger partial charge in [-0.1, -0.05) is 0 Å². The Morgan fingerprint density at radius 1 is 1.33 bits per heavy atom. The van der Waals surface area contributed by atoms with Crippen LogP contribution in [0.3, 0.4) is 0 Å². The van der Waals surface area contributed by atoms with Crippen LogP contribution >= 0.6 is 0 Å². The van der Waals surface area contributed by atoms with Gasteiger partial charge < -0.3 is 0 Å². The number of aryl methyl sites for hydroxylation is 2. The number of aromatic nitrogens is 3. The summed E-state index contributed by atoms with van der Waals surface area (Å²) >= 11 is 0. The third-order valence-corrected chi connectivity index (χ3v) is 2.17. The molecule has 0 aromatic carbocycles. The molecule has 0 spiro atoms. The van der Waals surface area contributed by atoms with Crippen LogP contribution in [-0.2, 0) is 0 Å². The lowest BCUT2D eigenvalue weighted by Gasteiger charge is -2.06. The summed E-state index contributed by atoms with van der Waals surface area (Å²) in [6.07, 6.45) is 5.12. The second kappa shape index (κ2) is 3.65. The number of rotatable bonds is 1. The summed E-state index contributed by atoms with van der Waals surface area (Å²) in [4.78, 5) is 15.5. The molecular formula is C11H11N3O. The molecule has 0 saturated heterocycles. The minimum Gasteiger partial charge on any atom is -0.287 e. The van der Waals surface area contributed by atoms with Gasteiger partial charge in [0.25, 0.3) is 0 Å². The Hall–Kier alpha value is -1.97. The molecule has 2 rings (SSSR count). The topological polar surface area (TPSA) is 47.8 Å². The molecule has 4 nitrogen and oxygen atoms in total. The molecule has 0 unspecified atom stereocenters. The van der Waals surface area contributed by atoms with Crippen molar-refractivity contribution in [3.8, 4) is 5.69 Å². The number of nitrogens with zero attached hydrogens (tertiary/aromatic N) is 3. The van der Waals surface area contributed by atoms with Crippen molar-refractivity contribution < 1.29 is 0 Å². The second-order valence-corrected chi connectivity index (χ2v) is 3.38.